The van der Waals surface area contributed by atoms with Gasteiger partial charge in [0, 0.05) is 5.56 Å². The van der Waals surface area contributed by atoms with E-state index < -0.39 is 22.0 Å². The summed E-state index contributed by atoms with van der Waals surface area (Å²) in [6, 6.07) is 5.27. The summed E-state index contributed by atoms with van der Waals surface area (Å²) in [5.41, 5.74) is 5.61. The number of sulfonamides is 1. The summed E-state index contributed by atoms with van der Waals surface area (Å²) < 4.78 is 31.7. The SMILES string of the molecule is CCOC(=O)C(C)NS(=O)(=O)c1ccccc1C#CCN. The Bertz CT molecular complexity index is 659. The summed E-state index contributed by atoms with van der Waals surface area (Å²) >= 11 is 0. The Morgan fingerprint density at radius 2 is 2.10 bits per heavy atom. The van der Waals surface area contributed by atoms with Crippen molar-refractivity contribution in [2.24, 2.45) is 5.73 Å². The molecule has 0 aliphatic carbocycles. The minimum atomic E-state index is -3.88. The second-order valence-electron chi connectivity index (χ2n) is 4.10. The lowest BCUT2D eigenvalue weighted by Crippen LogP contribution is -2.39. The van der Waals surface area contributed by atoms with Crippen molar-refractivity contribution in [1.82, 2.24) is 4.72 Å². The minimum Gasteiger partial charge on any atom is -0.465 e. The van der Waals surface area contributed by atoms with Crippen LogP contribution in [0.1, 0.15) is 19.4 Å². The third-order valence-electron chi connectivity index (χ3n) is 2.47. The standard InChI is InChI=1S/C14H18N2O4S/c1-3-20-14(17)11(2)16-21(18,19)13-9-5-4-7-12(13)8-6-10-15/h4-5,7,9,11,16H,3,10,15H2,1-2H3. The number of carbonyl (C=O) groups is 1. The van der Waals surface area contributed by atoms with E-state index in [0.717, 1.165) is 0 Å². The topological polar surface area (TPSA) is 98.5 Å². The van der Waals surface area contributed by atoms with E-state index in [2.05, 4.69) is 16.6 Å². The van der Waals surface area contributed by atoms with Crippen LogP contribution in [0.3, 0.4) is 0 Å². The lowest BCUT2D eigenvalue weighted by Gasteiger charge is -2.13. The number of ether oxygens (including phenoxy) is 1. The fourth-order valence-corrected chi connectivity index (χ4v) is 2.92. The van der Waals surface area contributed by atoms with Crippen molar-refractivity contribution in [2.45, 2.75) is 24.8 Å². The zero-order valence-corrected chi connectivity index (χ0v) is 12.7. The van der Waals surface area contributed by atoms with Gasteiger partial charge >= 0.3 is 5.97 Å². The van der Waals surface area contributed by atoms with Crippen molar-refractivity contribution in [3.8, 4) is 11.8 Å². The van der Waals surface area contributed by atoms with Gasteiger partial charge in [-0.05, 0) is 26.0 Å². The van der Waals surface area contributed by atoms with Gasteiger partial charge in [-0.2, -0.15) is 4.72 Å². The number of hydrogen-bond donors (Lipinski definition) is 2. The first-order valence-electron chi connectivity index (χ1n) is 6.39. The van der Waals surface area contributed by atoms with Crippen LogP contribution in [0.25, 0.3) is 0 Å². The molecular formula is C14H18N2O4S. The first-order chi connectivity index (χ1) is 9.92. The highest BCUT2D eigenvalue weighted by molar-refractivity contribution is 7.89. The van der Waals surface area contributed by atoms with Crippen LogP contribution >= 0.6 is 0 Å². The summed E-state index contributed by atoms with van der Waals surface area (Å²) in [6.45, 7) is 3.38. The Kier molecular flexibility index (Phi) is 6.37. The Balaban J connectivity index is 3.06. The lowest BCUT2D eigenvalue weighted by atomic mass is 10.2. The highest BCUT2D eigenvalue weighted by Gasteiger charge is 2.24. The molecule has 1 unspecified atom stereocenters. The smallest absolute Gasteiger partial charge is 0.323 e. The van der Waals surface area contributed by atoms with Crippen molar-refractivity contribution in [2.75, 3.05) is 13.2 Å². The average Bonchev–Trinajstić information content (AvgIpc) is 2.45. The van der Waals surface area contributed by atoms with E-state index in [9.17, 15) is 13.2 Å². The molecule has 0 aliphatic rings. The van der Waals surface area contributed by atoms with E-state index in [4.69, 9.17) is 10.5 Å². The van der Waals surface area contributed by atoms with Crippen LogP contribution in [-0.2, 0) is 19.6 Å². The highest BCUT2D eigenvalue weighted by Crippen LogP contribution is 2.14. The summed E-state index contributed by atoms with van der Waals surface area (Å²) in [7, 11) is -3.88. The Hall–Kier alpha value is -1.88. The van der Waals surface area contributed by atoms with E-state index in [1.807, 2.05) is 0 Å². The number of nitrogens with one attached hydrogen (secondary N) is 1. The molecule has 0 fully saturated rings. The number of hydrogen-bond acceptors (Lipinski definition) is 5. The molecule has 0 saturated carbocycles. The number of carbonyl (C=O) groups excluding carboxylic acids is 1. The van der Waals surface area contributed by atoms with Crippen LogP contribution in [0.4, 0.5) is 0 Å². The largest absolute Gasteiger partial charge is 0.465 e. The molecule has 0 saturated heterocycles. The molecule has 1 atom stereocenters. The normalized spacial score (nSPS) is 12.1. The molecule has 7 heteroatoms. The second kappa shape index (κ2) is 7.78. The number of benzene rings is 1. The van der Waals surface area contributed by atoms with Crippen molar-refractivity contribution in [3.05, 3.63) is 29.8 Å². The van der Waals surface area contributed by atoms with Crippen LogP contribution in [0.2, 0.25) is 0 Å². The number of nitrogens with two attached hydrogens (primary N) is 1. The van der Waals surface area contributed by atoms with Crippen molar-refractivity contribution >= 4 is 16.0 Å². The predicted octanol–water partition coefficient (Wildman–Crippen LogP) is 0.227. The molecule has 6 nitrogen and oxygen atoms in total. The molecule has 0 aliphatic heterocycles. The molecule has 1 aromatic rings. The summed E-state index contributed by atoms with van der Waals surface area (Å²) in [6.07, 6.45) is 0. The number of rotatable bonds is 5. The molecule has 0 aromatic heterocycles. The molecule has 1 aromatic carbocycles. The molecule has 114 valence electrons. The van der Waals surface area contributed by atoms with Gasteiger partial charge in [0.05, 0.1) is 18.0 Å². The zero-order chi connectivity index (χ0) is 15.9. The van der Waals surface area contributed by atoms with Crippen LogP contribution < -0.4 is 10.5 Å². The van der Waals surface area contributed by atoms with Gasteiger partial charge in [0.25, 0.3) is 0 Å². The van der Waals surface area contributed by atoms with Crippen LogP contribution in [0.5, 0.6) is 0 Å². The lowest BCUT2D eigenvalue weighted by molar-refractivity contribution is -0.144. The van der Waals surface area contributed by atoms with E-state index >= 15 is 0 Å². The molecule has 0 radical (unpaired) electrons. The van der Waals surface area contributed by atoms with Gasteiger partial charge in [-0.25, -0.2) is 8.42 Å². The van der Waals surface area contributed by atoms with Crippen LogP contribution in [0.15, 0.2) is 29.2 Å². The van der Waals surface area contributed by atoms with Gasteiger partial charge in [-0.1, -0.05) is 24.0 Å². The van der Waals surface area contributed by atoms with Crippen molar-refractivity contribution in [3.63, 3.8) is 0 Å². The molecular weight excluding hydrogens is 292 g/mol. The second-order valence-corrected chi connectivity index (χ2v) is 5.78. The minimum absolute atomic E-state index is 0.00194. The van der Waals surface area contributed by atoms with Gasteiger partial charge in [0.1, 0.15) is 6.04 Å². The highest BCUT2D eigenvalue weighted by atomic mass is 32.2. The van der Waals surface area contributed by atoms with E-state index in [-0.39, 0.29) is 18.0 Å². The van der Waals surface area contributed by atoms with Crippen LogP contribution in [0, 0.1) is 11.8 Å². The van der Waals surface area contributed by atoms with Crippen LogP contribution in [-0.4, -0.2) is 33.6 Å². The maximum atomic E-state index is 12.3. The Labute approximate surface area is 124 Å². The predicted molar refractivity (Wildman–Crippen MR) is 78.8 cm³/mol. The van der Waals surface area contributed by atoms with Gasteiger partial charge in [-0.3, -0.25) is 4.79 Å². The van der Waals surface area contributed by atoms with Gasteiger partial charge in [-0.15, -0.1) is 0 Å². The zero-order valence-electron chi connectivity index (χ0n) is 11.9. The molecule has 0 amide bonds. The Morgan fingerprint density at radius 1 is 1.43 bits per heavy atom. The quantitative estimate of drug-likeness (QED) is 0.599. The monoisotopic (exact) mass is 310 g/mol. The maximum absolute atomic E-state index is 12.3. The summed E-state index contributed by atoms with van der Waals surface area (Å²) in [5.74, 6) is 4.67. The van der Waals surface area contributed by atoms with E-state index in [1.165, 1.54) is 13.0 Å². The number of esters is 1. The molecule has 3 N–H and O–H groups in total. The molecule has 1 rings (SSSR count). The maximum Gasteiger partial charge on any atom is 0.323 e. The third-order valence-corrected chi connectivity index (χ3v) is 4.07. The first-order valence-corrected chi connectivity index (χ1v) is 7.87. The fraction of sp³-hybridized carbons (Fsp3) is 0.357. The fourth-order valence-electron chi connectivity index (χ4n) is 1.56. The van der Waals surface area contributed by atoms with Crippen molar-refractivity contribution in [1.29, 1.82) is 0 Å². The average molecular weight is 310 g/mol. The molecule has 0 heterocycles. The molecule has 21 heavy (non-hydrogen) atoms. The molecule has 0 spiro atoms. The van der Waals surface area contributed by atoms with E-state index in [1.54, 1.807) is 25.1 Å². The molecule has 0 bridgehead atoms. The van der Waals surface area contributed by atoms with Gasteiger partial charge in [0.15, 0.2) is 0 Å². The van der Waals surface area contributed by atoms with Gasteiger partial charge < -0.3 is 10.5 Å². The van der Waals surface area contributed by atoms with Crippen molar-refractivity contribution < 1.29 is 17.9 Å². The van der Waals surface area contributed by atoms with Gasteiger partial charge in [0.2, 0.25) is 10.0 Å². The Morgan fingerprint density at radius 3 is 2.71 bits per heavy atom. The summed E-state index contributed by atoms with van der Waals surface area (Å²) in [5, 5.41) is 0. The summed E-state index contributed by atoms with van der Waals surface area (Å²) in [4.78, 5) is 11.5. The third kappa shape index (κ3) is 4.86. The van der Waals surface area contributed by atoms with E-state index in [0.29, 0.717) is 5.56 Å². The first kappa shape index (κ1) is 17.2.